The van der Waals surface area contributed by atoms with E-state index in [2.05, 4.69) is 10.3 Å². The zero-order chi connectivity index (χ0) is 17.2. The summed E-state index contributed by atoms with van der Waals surface area (Å²) in [4.78, 5) is 15.2. The molecule has 0 bridgehead atoms. The van der Waals surface area contributed by atoms with Gasteiger partial charge in [0.05, 0.1) is 28.9 Å². The topological polar surface area (TPSA) is 120 Å². The van der Waals surface area contributed by atoms with E-state index in [1.165, 1.54) is 36.5 Å². The summed E-state index contributed by atoms with van der Waals surface area (Å²) in [5.74, 6) is -0.260. The van der Waals surface area contributed by atoms with Crippen molar-refractivity contribution in [1.82, 2.24) is 4.98 Å². The first-order chi connectivity index (χ1) is 10.7. The lowest BCUT2D eigenvalue weighted by Crippen LogP contribution is -2.31. The summed E-state index contributed by atoms with van der Waals surface area (Å²) >= 11 is -1.77. The first-order valence-corrected chi connectivity index (χ1v) is 9.87. The molecular weight excluding hydrogens is 362 g/mol. The van der Waals surface area contributed by atoms with Crippen molar-refractivity contribution < 1.29 is 22.0 Å². The number of nitrogens with one attached hydrogen (secondary N) is 1. The van der Waals surface area contributed by atoms with Gasteiger partial charge in [0.2, 0.25) is 15.9 Å². The van der Waals surface area contributed by atoms with Crippen LogP contribution in [0, 0.1) is 0 Å². The molecule has 0 aliphatic heterocycles. The Balaban J connectivity index is 2.42. The van der Waals surface area contributed by atoms with Crippen LogP contribution < -0.4 is 9.03 Å². The van der Waals surface area contributed by atoms with E-state index in [4.69, 9.17) is 0 Å². The maximum absolute atomic E-state index is 11.6. The van der Waals surface area contributed by atoms with Gasteiger partial charge in [-0.05, 0) is 12.1 Å². The summed E-state index contributed by atoms with van der Waals surface area (Å²) < 4.78 is 45.9. The number of hydrogen-bond donors (Lipinski definition) is 1. The number of nitrogens with zero attached hydrogens (tertiary/aromatic N) is 2. The predicted octanol–water partition coefficient (Wildman–Crippen LogP) is 1.33. The molecule has 124 valence electrons. The second-order valence-corrected chi connectivity index (χ2v) is 8.20. The van der Waals surface area contributed by atoms with Gasteiger partial charge in [-0.3, -0.25) is 9.00 Å². The second kappa shape index (κ2) is 6.74. The highest BCUT2D eigenvalue weighted by Gasteiger charge is 2.19. The molecule has 0 fully saturated rings. The number of benzene rings is 1. The molecule has 11 heteroatoms. The van der Waals surface area contributed by atoms with Crippen molar-refractivity contribution in [2.75, 3.05) is 15.3 Å². The molecule has 1 amide bonds. The van der Waals surface area contributed by atoms with Crippen LogP contribution in [0.25, 0.3) is 11.3 Å². The molecule has 2 rings (SSSR count). The minimum absolute atomic E-state index is 0.0209. The number of carbonyl (C=O) groups is 1. The minimum Gasteiger partial charge on any atom is -0.754 e. The van der Waals surface area contributed by atoms with Gasteiger partial charge in [-0.1, -0.05) is 12.1 Å². The van der Waals surface area contributed by atoms with Crippen LogP contribution in [0.4, 0.5) is 10.8 Å². The Hall–Kier alpha value is -1.82. The van der Waals surface area contributed by atoms with Crippen molar-refractivity contribution in [3.63, 3.8) is 0 Å². The zero-order valence-corrected chi connectivity index (χ0v) is 14.5. The molecule has 1 atom stereocenters. The summed E-state index contributed by atoms with van der Waals surface area (Å²) in [6, 6.07) is 5.93. The Bertz CT molecular complexity index is 862. The van der Waals surface area contributed by atoms with Crippen molar-refractivity contribution in [1.29, 1.82) is 0 Å². The number of aromatic nitrogens is 1. The third kappa shape index (κ3) is 4.34. The molecule has 0 aliphatic carbocycles. The minimum atomic E-state index is -3.98. The van der Waals surface area contributed by atoms with Crippen LogP contribution in [0.3, 0.4) is 0 Å². The molecule has 1 aromatic heterocycles. The van der Waals surface area contributed by atoms with Crippen LogP contribution >= 0.6 is 11.3 Å². The molecule has 0 spiro atoms. The molecule has 1 unspecified atom stereocenters. The van der Waals surface area contributed by atoms with Gasteiger partial charge in [0.15, 0.2) is 5.13 Å². The highest BCUT2D eigenvalue weighted by molar-refractivity contribution is 8.05. The molecule has 8 nitrogen and oxygen atoms in total. The lowest BCUT2D eigenvalue weighted by molar-refractivity contribution is -0.114. The van der Waals surface area contributed by atoms with E-state index in [1.54, 1.807) is 11.4 Å². The number of anilines is 2. The SMILES string of the molecule is CC(=O)Nc1nc(-c2cccc(N(S(=O)[O-])S(C)(=O)=O)c2)cs1. The molecule has 0 radical (unpaired) electrons. The molecule has 2 aromatic rings. The molecule has 1 heterocycles. The number of carbonyl (C=O) groups excluding carboxylic acids is 1. The average molecular weight is 374 g/mol. The molecule has 1 N–H and O–H groups in total. The van der Waals surface area contributed by atoms with E-state index in [0.717, 1.165) is 6.26 Å². The van der Waals surface area contributed by atoms with Crippen molar-refractivity contribution >= 4 is 49.4 Å². The Morgan fingerprint density at radius 2 is 2.13 bits per heavy atom. The first-order valence-electron chi connectivity index (χ1n) is 6.11. The highest BCUT2D eigenvalue weighted by atomic mass is 32.3. The van der Waals surface area contributed by atoms with E-state index >= 15 is 0 Å². The summed E-state index contributed by atoms with van der Waals surface area (Å²) in [7, 11) is -3.98. The van der Waals surface area contributed by atoms with Gasteiger partial charge in [-0.2, -0.15) is 3.71 Å². The largest absolute Gasteiger partial charge is 0.754 e. The fraction of sp³-hybridized carbons (Fsp3) is 0.167. The molecule has 0 aliphatic rings. The predicted molar refractivity (Wildman–Crippen MR) is 88.1 cm³/mol. The number of hydrogen-bond acceptors (Lipinski definition) is 7. The van der Waals surface area contributed by atoms with Crippen molar-refractivity contribution in [3.8, 4) is 11.3 Å². The van der Waals surface area contributed by atoms with Crippen molar-refractivity contribution in [2.24, 2.45) is 0 Å². The van der Waals surface area contributed by atoms with Gasteiger partial charge < -0.3 is 9.87 Å². The first kappa shape index (κ1) is 17.5. The number of thiazole rings is 1. The fourth-order valence-electron chi connectivity index (χ4n) is 1.78. The van der Waals surface area contributed by atoms with Gasteiger partial charge in [0.25, 0.3) is 0 Å². The van der Waals surface area contributed by atoms with Gasteiger partial charge >= 0.3 is 0 Å². The second-order valence-electron chi connectivity index (χ2n) is 4.48. The van der Waals surface area contributed by atoms with Gasteiger partial charge in [-0.15, -0.1) is 11.3 Å². The molecule has 1 aromatic carbocycles. The smallest absolute Gasteiger partial charge is 0.242 e. The molecular formula is C12H12N3O5S3-. The normalized spacial score (nSPS) is 12.7. The molecule has 23 heavy (non-hydrogen) atoms. The van der Waals surface area contributed by atoms with Crippen LogP contribution in [0.1, 0.15) is 6.92 Å². The van der Waals surface area contributed by atoms with E-state index in [-0.39, 0.29) is 15.3 Å². The van der Waals surface area contributed by atoms with Gasteiger partial charge in [0, 0.05) is 17.9 Å². The van der Waals surface area contributed by atoms with E-state index in [0.29, 0.717) is 16.4 Å². The standard InChI is InChI=1S/C12H13N3O5S3/c1-8(16)13-12-14-11(7-21-12)9-4-3-5-10(6-9)15(22(17)18)23(2,19)20/h3-7H,1-2H3,(H,17,18)(H,13,14,16)/p-1. The maximum atomic E-state index is 11.6. The van der Waals surface area contributed by atoms with Gasteiger partial charge in [0.1, 0.15) is 0 Å². The van der Waals surface area contributed by atoms with Crippen LogP contribution in [0.5, 0.6) is 0 Å². The van der Waals surface area contributed by atoms with Crippen LogP contribution in [0.2, 0.25) is 0 Å². The van der Waals surface area contributed by atoms with E-state index < -0.39 is 21.3 Å². The quantitative estimate of drug-likeness (QED) is 0.789. The summed E-state index contributed by atoms with van der Waals surface area (Å²) in [5.41, 5.74) is 0.993. The van der Waals surface area contributed by atoms with Crippen LogP contribution in [0.15, 0.2) is 29.6 Å². The fourth-order valence-corrected chi connectivity index (χ4v) is 4.21. The van der Waals surface area contributed by atoms with Crippen LogP contribution in [-0.4, -0.2) is 34.3 Å². The highest BCUT2D eigenvalue weighted by Crippen LogP contribution is 2.29. The van der Waals surface area contributed by atoms with Crippen molar-refractivity contribution in [2.45, 2.75) is 6.92 Å². The zero-order valence-electron chi connectivity index (χ0n) is 12.0. The van der Waals surface area contributed by atoms with Crippen molar-refractivity contribution in [3.05, 3.63) is 29.6 Å². The molecule has 0 saturated heterocycles. The Morgan fingerprint density at radius 3 is 2.70 bits per heavy atom. The summed E-state index contributed by atoms with van der Waals surface area (Å²) in [6.07, 6.45) is 0.799. The van der Waals surface area contributed by atoms with Crippen LogP contribution in [-0.2, 0) is 26.1 Å². The number of amides is 1. The third-order valence-corrected chi connectivity index (χ3v) is 5.81. The maximum Gasteiger partial charge on any atom is 0.242 e. The summed E-state index contributed by atoms with van der Waals surface area (Å²) in [5, 5.41) is 4.60. The monoisotopic (exact) mass is 374 g/mol. The lowest BCUT2D eigenvalue weighted by Gasteiger charge is -2.23. The Kier molecular flexibility index (Phi) is 5.14. The number of rotatable bonds is 5. The lowest BCUT2D eigenvalue weighted by atomic mass is 10.1. The average Bonchev–Trinajstić information content (AvgIpc) is 2.84. The number of sulfonamides is 1. The van der Waals surface area contributed by atoms with Gasteiger partial charge in [-0.25, -0.2) is 13.4 Å². The van der Waals surface area contributed by atoms with E-state index in [9.17, 15) is 22.0 Å². The summed E-state index contributed by atoms with van der Waals surface area (Å²) in [6.45, 7) is 1.36. The Labute approximate surface area is 139 Å². The Morgan fingerprint density at radius 1 is 1.43 bits per heavy atom. The van der Waals surface area contributed by atoms with E-state index in [1.807, 2.05) is 0 Å². The third-order valence-electron chi connectivity index (χ3n) is 2.58. The molecule has 0 saturated carbocycles.